The predicted octanol–water partition coefficient (Wildman–Crippen LogP) is 3.43. The molecule has 1 N–H and O–H groups in total. The monoisotopic (exact) mass is 454 g/mol. The van der Waals surface area contributed by atoms with Crippen LogP contribution in [-0.4, -0.2) is 38.9 Å². The zero-order chi connectivity index (χ0) is 19.8. The van der Waals surface area contributed by atoms with Crippen LogP contribution >= 0.6 is 27.5 Å². The van der Waals surface area contributed by atoms with Gasteiger partial charge < -0.3 is 14.2 Å². The number of carbonyl (C=O) groups excluding carboxylic acids is 2. The van der Waals surface area contributed by atoms with Crippen molar-refractivity contribution in [2.45, 2.75) is 0 Å². The van der Waals surface area contributed by atoms with Crippen molar-refractivity contribution < 1.29 is 23.8 Å². The highest BCUT2D eigenvalue weighted by Crippen LogP contribution is 2.36. The van der Waals surface area contributed by atoms with Crippen molar-refractivity contribution in [1.82, 2.24) is 5.43 Å². The molecule has 2 aromatic rings. The molecule has 0 atom stereocenters. The molecule has 0 heterocycles. The molecule has 0 saturated carbocycles. The molecule has 0 unspecified atom stereocenters. The van der Waals surface area contributed by atoms with E-state index >= 15 is 0 Å². The van der Waals surface area contributed by atoms with E-state index in [4.69, 9.17) is 21.1 Å². The summed E-state index contributed by atoms with van der Waals surface area (Å²) in [5, 5.41) is 4.14. The largest absolute Gasteiger partial charge is 0.493 e. The van der Waals surface area contributed by atoms with E-state index in [0.717, 1.165) is 0 Å². The molecule has 0 aliphatic carbocycles. The summed E-state index contributed by atoms with van der Waals surface area (Å²) in [6.07, 6.45) is 1.41. The number of ether oxygens (including phenoxy) is 3. The highest BCUT2D eigenvalue weighted by atomic mass is 79.9. The number of hydrazone groups is 1. The molecule has 1 amide bonds. The van der Waals surface area contributed by atoms with E-state index in [9.17, 15) is 9.59 Å². The molecule has 0 aliphatic heterocycles. The number of amides is 1. The molecule has 0 spiro atoms. The highest BCUT2D eigenvalue weighted by Gasteiger charge is 2.14. The number of carbonyl (C=O) groups is 2. The Morgan fingerprint density at radius 1 is 1.26 bits per heavy atom. The number of hydrogen-bond acceptors (Lipinski definition) is 6. The average molecular weight is 456 g/mol. The fourth-order valence-corrected chi connectivity index (χ4v) is 2.75. The van der Waals surface area contributed by atoms with Crippen LogP contribution in [0.3, 0.4) is 0 Å². The molecule has 0 radical (unpaired) electrons. The van der Waals surface area contributed by atoms with Crippen molar-refractivity contribution in [3.05, 3.63) is 57.0 Å². The van der Waals surface area contributed by atoms with E-state index in [1.165, 1.54) is 20.4 Å². The third-order valence-corrected chi connectivity index (χ3v) is 4.28. The summed E-state index contributed by atoms with van der Waals surface area (Å²) < 4.78 is 15.7. The number of esters is 1. The Bertz CT molecular complexity index is 873. The summed E-state index contributed by atoms with van der Waals surface area (Å²) in [5.74, 6) is -0.396. The zero-order valence-electron chi connectivity index (χ0n) is 14.5. The summed E-state index contributed by atoms with van der Waals surface area (Å²) >= 11 is 9.49. The molecule has 142 valence electrons. The van der Waals surface area contributed by atoms with E-state index in [1.54, 1.807) is 30.3 Å². The normalized spacial score (nSPS) is 10.5. The number of halogens is 2. The molecule has 0 bridgehead atoms. The van der Waals surface area contributed by atoms with Crippen molar-refractivity contribution in [3.8, 4) is 11.5 Å². The van der Waals surface area contributed by atoms with Crippen LogP contribution in [-0.2, 0) is 9.53 Å². The summed E-state index contributed by atoms with van der Waals surface area (Å²) in [7, 11) is 2.69. The van der Waals surface area contributed by atoms with E-state index in [-0.39, 0.29) is 23.3 Å². The maximum absolute atomic E-state index is 12.1. The second-order valence-electron chi connectivity index (χ2n) is 5.08. The second-order valence-corrected chi connectivity index (χ2v) is 6.34. The van der Waals surface area contributed by atoms with Crippen LogP contribution in [0, 0.1) is 0 Å². The maximum Gasteiger partial charge on any atom is 0.343 e. The predicted molar refractivity (Wildman–Crippen MR) is 105 cm³/mol. The van der Waals surface area contributed by atoms with E-state index in [0.29, 0.717) is 21.3 Å². The van der Waals surface area contributed by atoms with Crippen LogP contribution < -0.4 is 14.9 Å². The molecular formula is C18H16BrClN2O5. The van der Waals surface area contributed by atoms with Crippen LogP contribution in [0.4, 0.5) is 0 Å². The van der Waals surface area contributed by atoms with Crippen LogP contribution in [0.5, 0.6) is 11.5 Å². The van der Waals surface area contributed by atoms with Gasteiger partial charge in [0.15, 0.2) is 18.1 Å². The van der Waals surface area contributed by atoms with Crippen LogP contribution in [0.1, 0.15) is 15.9 Å². The first-order chi connectivity index (χ1) is 13.0. The Labute approximate surface area is 169 Å². The smallest absolute Gasteiger partial charge is 0.343 e. The lowest BCUT2D eigenvalue weighted by Gasteiger charge is -2.12. The molecule has 0 aromatic heterocycles. The molecule has 2 rings (SSSR count). The molecule has 9 heteroatoms. The average Bonchev–Trinajstić information content (AvgIpc) is 2.66. The Balaban J connectivity index is 2.11. The molecule has 2 aromatic carbocycles. The van der Waals surface area contributed by atoms with Gasteiger partial charge in [-0.2, -0.15) is 5.10 Å². The first kappa shape index (κ1) is 20.7. The number of hydrogen-bond donors (Lipinski definition) is 1. The third kappa shape index (κ3) is 5.70. The van der Waals surface area contributed by atoms with Gasteiger partial charge in [-0.05, 0) is 45.8 Å². The highest BCUT2D eigenvalue weighted by molar-refractivity contribution is 9.10. The van der Waals surface area contributed by atoms with Crippen molar-refractivity contribution in [1.29, 1.82) is 0 Å². The lowest BCUT2D eigenvalue weighted by Crippen LogP contribution is -2.18. The maximum atomic E-state index is 12.1. The molecule has 0 aliphatic rings. The first-order valence-corrected chi connectivity index (χ1v) is 8.78. The van der Waals surface area contributed by atoms with Crippen molar-refractivity contribution >= 4 is 45.6 Å². The van der Waals surface area contributed by atoms with Gasteiger partial charge in [0, 0.05) is 4.47 Å². The quantitative estimate of drug-likeness (QED) is 0.393. The Hall–Kier alpha value is -2.58. The van der Waals surface area contributed by atoms with Gasteiger partial charge >= 0.3 is 5.97 Å². The van der Waals surface area contributed by atoms with Crippen molar-refractivity contribution in [3.63, 3.8) is 0 Å². The van der Waals surface area contributed by atoms with Gasteiger partial charge in [0.25, 0.3) is 5.91 Å². The van der Waals surface area contributed by atoms with E-state index in [1.807, 2.05) is 6.07 Å². The number of rotatable bonds is 7. The fraction of sp³-hybridized carbons (Fsp3) is 0.167. The van der Waals surface area contributed by atoms with E-state index in [2.05, 4.69) is 31.2 Å². The Morgan fingerprint density at radius 3 is 2.67 bits per heavy atom. The zero-order valence-corrected chi connectivity index (χ0v) is 16.8. The number of benzene rings is 2. The minimum Gasteiger partial charge on any atom is -0.493 e. The number of methoxy groups -OCH3 is 2. The third-order valence-electron chi connectivity index (χ3n) is 3.31. The van der Waals surface area contributed by atoms with Crippen LogP contribution in [0.2, 0.25) is 5.02 Å². The van der Waals surface area contributed by atoms with Crippen LogP contribution in [0.25, 0.3) is 0 Å². The minimum atomic E-state index is -0.548. The van der Waals surface area contributed by atoms with E-state index < -0.39 is 5.97 Å². The SMILES string of the molecule is COC(=O)COc1c(Cl)cc(/C=N\NC(=O)c2ccccc2Br)cc1OC. The summed E-state index contributed by atoms with van der Waals surface area (Å²) in [6.45, 7) is -0.304. The lowest BCUT2D eigenvalue weighted by atomic mass is 10.2. The summed E-state index contributed by atoms with van der Waals surface area (Å²) in [5.41, 5.74) is 3.45. The van der Waals surface area contributed by atoms with Gasteiger partial charge in [-0.15, -0.1) is 0 Å². The molecular weight excluding hydrogens is 440 g/mol. The molecule has 0 fully saturated rings. The number of nitrogens with zero attached hydrogens (tertiary/aromatic N) is 1. The van der Waals surface area contributed by atoms with Crippen LogP contribution in [0.15, 0.2) is 46.0 Å². The van der Waals surface area contributed by atoms with Gasteiger partial charge in [0.1, 0.15) is 0 Å². The van der Waals surface area contributed by atoms with Gasteiger partial charge in [0.05, 0.1) is 31.0 Å². The first-order valence-electron chi connectivity index (χ1n) is 7.61. The lowest BCUT2D eigenvalue weighted by molar-refractivity contribution is -0.142. The van der Waals surface area contributed by atoms with Crippen molar-refractivity contribution in [2.75, 3.05) is 20.8 Å². The molecule has 7 nitrogen and oxygen atoms in total. The summed E-state index contributed by atoms with van der Waals surface area (Å²) in [6, 6.07) is 10.2. The number of nitrogens with one attached hydrogen (secondary N) is 1. The standard InChI is InChI=1S/C18H16BrClN2O5/c1-25-15-8-11(7-14(20)17(15)27-10-16(23)26-2)9-21-22-18(24)12-5-3-4-6-13(12)19/h3-9H,10H2,1-2H3,(H,22,24)/b21-9-. The molecule has 27 heavy (non-hydrogen) atoms. The fourth-order valence-electron chi connectivity index (χ4n) is 2.02. The topological polar surface area (TPSA) is 86.2 Å². The van der Waals surface area contributed by atoms with Gasteiger partial charge in [-0.1, -0.05) is 23.7 Å². The minimum absolute atomic E-state index is 0.207. The van der Waals surface area contributed by atoms with Gasteiger partial charge in [0.2, 0.25) is 0 Å². The van der Waals surface area contributed by atoms with Gasteiger partial charge in [-0.25, -0.2) is 10.2 Å². The molecule has 0 saturated heterocycles. The second kappa shape index (κ2) is 9.94. The Morgan fingerprint density at radius 2 is 2.00 bits per heavy atom. The summed E-state index contributed by atoms with van der Waals surface area (Å²) in [4.78, 5) is 23.3. The van der Waals surface area contributed by atoms with Crippen molar-refractivity contribution in [2.24, 2.45) is 5.10 Å². The Kier molecular flexibility index (Phi) is 7.63. The van der Waals surface area contributed by atoms with Gasteiger partial charge in [-0.3, -0.25) is 4.79 Å².